The monoisotopic (exact) mass is 333 g/mol. The summed E-state index contributed by atoms with van der Waals surface area (Å²) >= 11 is 0. The van der Waals surface area contributed by atoms with Crippen molar-refractivity contribution in [3.8, 4) is 5.75 Å². The third-order valence-corrected chi connectivity index (χ3v) is 4.19. The van der Waals surface area contributed by atoms with Gasteiger partial charge in [0, 0.05) is 33.1 Å². The first kappa shape index (κ1) is 18.1. The average Bonchev–Trinajstić information content (AvgIpc) is 2.58. The Labute approximate surface area is 143 Å². The molecule has 0 saturated carbocycles. The van der Waals surface area contributed by atoms with Crippen LogP contribution in [0, 0.1) is 0 Å². The van der Waals surface area contributed by atoms with E-state index in [-0.39, 0.29) is 11.9 Å². The molecule has 0 aliphatic carbocycles. The average molecular weight is 333 g/mol. The largest absolute Gasteiger partial charge is 0.491 e. The molecular weight excluding hydrogens is 306 g/mol. The first-order chi connectivity index (χ1) is 11.5. The number of rotatable bonds is 5. The maximum Gasteiger partial charge on any atom is 0.317 e. The fraction of sp³-hybridized carbons (Fsp3) is 0.556. The number of carbonyl (C=O) groups is 2. The number of urea groups is 1. The van der Waals surface area contributed by atoms with Crippen LogP contribution in [-0.4, -0.2) is 61.1 Å². The summed E-state index contributed by atoms with van der Waals surface area (Å²) in [6.45, 7) is 9.05. The van der Waals surface area contributed by atoms with Gasteiger partial charge in [0.1, 0.15) is 12.4 Å². The second-order valence-corrected chi connectivity index (χ2v) is 6.27. The third-order valence-electron chi connectivity index (χ3n) is 4.19. The minimum Gasteiger partial charge on any atom is -0.491 e. The Balaban J connectivity index is 1.71. The molecule has 1 fully saturated rings. The van der Waals surface area contributed by atoms with Crippen molar-refractivity contribution in [2.75, 3.05) is 39.3 Å². The highest BCUT2D eigenvalue weighted by atomic mass is 16.5. The van der Waals surface area contributed by atoms with Gasteiger partial charge in [-0.25, -0.2) is 4.79 Å². The number of hydrogen-bond acceptors (Lipinski definition) is 3. The quantitative estimate of drug-likeness (QED) is 0.839. The maximum atomic E-state index is 12.1. The van der Waals surface area contributed by atoms with Crippen LogP contribution in [0.5, 0.6) is 5.75 Å². The van der Waals surface area contributed by atoms with Crippen molar-refractivity contribution in [1.29, 1.82) is 0 Å². The van der Waals surface area contributed by atoms with E-state index in [9.17, 15) is 9.59 Å². The molecule has 1 aliphatic heterocycles. The number of carbonyl (C=O) groups excluding carboxylic acids is 2. The first-order valence-electron chi connectivity index (χ1n) is 8.49. The summed E-state index contributed by atoms with van der Waals surface area (Å²) in [5, 5.41) is 2.87. The SMILES string of the molecule is CC(=O)N1CCN(C(=O)NCCOc2ccccc2C(C)C)CC1. The molecule has 2 rings (SSSR count). The Morgan fingerprint density at radius 2 is 1.75 bits per heavy atom. The summed E-state index contributed by atoms with van der Waals surface area (Å²) in [6, 6.07) is 7.88. The van der Waals surface area contributed by atoms with Crippen molar-refractivity contribution < 1.29 is 14.3 Å². The van der Waals surface area contributed by atoms with Crippen molar-refractivity contribution >= 4 is 11.9 Å². The minimum absolute atomic E-state index is 0.0623. The Bertz CT molecular complexity index is 566. The molecule has 1 aromatic rings. The van der Waals surface area contributed by atoms with Crippen molar-refractivity contribution in [2.45, 2.75) is 26.7 Å². The number of nitrogens with one attached hydrogen (secondary N) is 1. The van der Waals surface area contributed by atoms with Gasteiger partial charge in [0.25, 0.3) is 0 Å². The molecule has 24 heavy (non-hydrogen) atoms. The predicted octanol–water partition coefficient (Wildman–Crippen LogP) is 2.06. The number of benzene rings is 1. The second kappa shape index (κ2) is 8.57. The molecule has 0 bridgehead atoms. The van der Waals surface area contributed by atoms with Gasteiger partial charge >= 0.3 is 6.03 Å². The van der Waals surface area contributed by atoms with Crippen molar-refractivity contribution in [3.05, 3.63) is 29.8 Å². The number of piperazine rings is 1. The summed E-state index contributed by atoms with van der Waals surface area (Å²) in [7, 11) is 0. The first-order valence-corrected chi connectivity index (χ1v) is 8.49. The van der Waals surface area contributed by atoms with E-state index >= 15 is 0 Å². The summed E-state index contributed by atoms with van der Waals surface area (Å²) in [5.41, 5.74) is 1.17. The number of amides is 3. The van der Waals surface area contributed by atoms with Gasteiger partial charge in [-0.05, 0) is 17.5 Å². The topological polar surface area (TPSA) is 61.9 Å². The van der Waals surface area contributed by atoms with E-state index in [2.05, 4.69) is 25.2 Å². The standard InChI is InChI=1S/C18H27N3O3/c1-14(2)16-6-4-5-7-17(16)24-13-8-19-18(23)21-11-9-20(10-12-21)15(3)22/h4-7,14H,8-13H2,1-3H3,(H,19,23). The molecule has 1 aromatic carbocycles. The zero-order chi connectivity index (χ0) is 17.5. The van der Waals surface area contributed by atoms with Gasteiger partial charge in [-0.3, -0.25) is 4.79 Å². The highest BCUT2D eigenvalue weighted by Gasteiger charge is 2.21. The Hall–Kier alpha value is -2.24. The highest BCUT2D eigenvalue weighted by molar-refractivity contribution is 5.76. The second-order valence-electron chi connectivity index (χ2n) is 6.27. The van der Waals surface area contributed by atoms with Gasteiger partial charge in [0.05, 0.1) is 6.54 Å². The lowest BCUT2D eigenvalue weighted by Crippen LogP contribution is -2.53. The molecule has 6 nitrogen and oxygen atoms in total. The van der Waals surface area contributed by atoms with Crippen LogP contribution in [0.15, 0.2) is 24.3 Å². The van der Waals surface area contributed by atoms with E-state index in [1.165, 1.54) is 5.56 Å². The van der Waals surface area contributed by atoms with Crippen LogP contribution in [-0.2, 0) is 4.79 Å². The van der Waals surface area contributed by atoms with Gasteiger partial charge < -0.3 is 19.9 Å². The lowest BCUT2D eigenvalue weighted by Gasteiger charge is -2.34. The van der Waals surface area contributed by atoms with Crippen LogP contribution >= 0.6 is 0 Å². The summed E-state index contributed by atoms with van der Waals surface area (Å²) in [5.74, 6) is 1.33. The number of nitrogens with zero attached hydrogens (tertiary/aromatic N) is 2. The predicted molar refractivity (Wildman–Crippen MR) is 93.3 cm³/mol. The molecule has 0 radical (unpaired) electrons. The lowest BCUT2D eigenvalue weighted by molar-refractivity contribution is -0.130. The molecule has 1 aliphatic rings. The molecule has 0 atom stereocenters. The molecule has 132 valence electrons. The molecule has 0 aromatic heterocycles. The van der Waals surface area contributed by atoms with Crippen LogP contribution in [0.4, 0.5) is 4.79 Å². The Morgan fingerprint density at radius 1 is 1.12 bits per heavy atom. The molecule has 6 heteroatoms. The van der Waals surface area contributed by atoms with Crippen LogP contribution in [0.1, 0.15) is 32.3 Å². The van der Waals surface area contributed by atoms with Gasteiger partial charge in [-0.1, -0.05) is 32.0 Å². The van der Waals surface area contributed by atoms with Crippen molar-refractivity contribution in [1.82, 2.24) is 15.1 Å². The molecule has 0 spiro atoms. The van der Waals surface area contributed by atoms with E-state index in [4.69, 9.17) is 4.74 Å². The number of ether oxygens (including phenoxy) is 1. The fourth-order valence-corrected chi connectivity index (χ4v) is 2.74. The Kier molecular flexibility index (Phi) is 6.46. The fourth-order valence-electron chi connectivity index (χ4n) is 2.74. The highest BCUT2D eigenvalue weighted by Crippen LogP contribution is 2.25. The van der Waals surface area contributed by atoms with E-state index in [1.54, 1.807) is 16.7 Å². The van der Waals surface area contributed by atoms with Crippen LogP contribution < -0.4 is 10.1 Å². The maximum absolute atomic E-state index is 12.1. The van der Waals surface area contributed by atoms with E-state index in [0.29, 0.717) is 45.2 Å². The van der Waals surface area contributed by atoms with Gasteiger partial charge in [-0.2, -0.15) is 0 Å². The van der Waals surface area contributed by atoms with E-state index in [0.717, 1.165) is 5.75 Å². The van der Waals surface area contributed by atoms with Crippen LogP contribution in [0.2, 0.25) is 0 Å². The van der Waals surface area contributed by atoms with Gasteiger partial charge in [0.15, 0.2) is 0 Å². The van der Waals surface area contributed by atoms with Crippen LogP contribution in [0.3, 0.4) is 0 Å². The summed E-state index contributed by atoms with van der Waals surface area (Å²) in [6.07, 6.45) is 0. The number of hydrogen-bond donors (Lipinski definition) is 1. The molecule has 3 amide bonds. The summed E-state index contributed by atoms with van der Waals surface area (Å²) in [4.78, 5) is 26.9. The molecule has 1 saturated heterocycles. The van der Waals surface area contributed by atoms with Gasteiger partial charge in [0.2, 0.25) is 5.91 Å². The van der Waals surface area contributed by atoms with Gasteiger partial charge in [-0.15, -0.1) is 0 Å². The van der Waals surface area contributed by atoms with Crippen LogP contribution in [0.25, 0.3) is 0 Å². The van der Waals surface area contributed by atoms with Crippen molar-refractivity contribution in [2.24, 2.45) is 0 Å². The normalized spacial score (nSPS) is 14.7. The Morgan fingerprint density at radius 3 is 2.38 bits per heavy atom. The zero-order valence-corrected chi connectivity index (χ0v) is 14.7. The lowest BCUT2D eigenvalue weighted by atomic mass is 10.0. The van der Waals surface area contributed by atoms with E-state index < -0.39 is 0 Å². The van der Waals surface area contributed by atoms with Crippen molar-refractivity contribution in [3.63, 3.8) is 0 Å². The minimum atomic E-state index is -0.0982. The summed E-state index contributed by atoms with van der Waals surface area (Å²) < 4.78 is 5.80. The molecular formula is C18H27N3O3. The zero-order valence-electron chi connectivity index (χ0n) is 14.7. The smallest absolute Gasteiger partial charge is 0.317 e. The molecule has 1 heterocycles. The number of para-hydroxylation sites is 1. The van der Waals surface area contributed by atoms with E-state index in [1.807, 2.05) is 18.2 Å². The molecule has 1 N–H and O–H groups in total. The molecule has 0 unspecified atom stereocenters. The third kappa shape index (κ3) is 4.88.